The Morgan fingerprint density at radius 2 is 1.84 bits per heavy atom. The highest BCUT2D eigenvalue weighted by molar-refractivity contribution is 7.18. The maximum absolute atomic E-state index is 12.9. The number of hydrogen-bond acceptors (Lipinski definition) is 6. The maximum Gasteiger partial charge on any atom is 0.262 e. The second-order valence-corrected chi connectivity index (χ2v) is 9.49. The number of nitrogens with zero attached hydrogens (tertiary/aromatic N) is 5. The van der Waals surface area contributed by atoms with E-state index in [-0.39, 0.29) is 18.0 Å². The quantitative estimate of drug-likeness (QED) is 0.481. The van der Waals surface area contributed by atoms with Crippen LogP contribution in [0.15, 0.2) is 47.7 Å². The average Bonchev–Trinajstić information content (AvgIpc) is 3.10. The number of aromatic nitrogens is 3. The van der Waals surface area contributed by atoms with Crippen LogP contribution in [0.4, 0.5) is 0 Å². The summed E-state index contributed by atoms with van der Waals surface area (Å²) in [5.74, 6) is -0.0377. The van der Waals surface area contributed by atoms with Crippen molar-refractivity contribution in [3.8, 4) is 0 Å². The molecule has 0 saturated carbocycles. The first-order valence-electron chi connectivity index (χ1n) is 10.8. The Kier molecular flexibility index (Phi) is 5.48. The number of pyridine rings is 1. The van der Waals surface area contributed by atoms with Crippen LogP contribution in [0.25, 0.3) is 21.1 Å². The smallest absolute Gasteiger partial charge is 0.262 e. The van der Waals surface area contributed by atoms with Gasteiger partial charge in [-0.2, -0.15) is 0 Å². The molecule has 164 valence electrons. The van der Waals surface area contributed by atoms with Gasteiger partial charge in [0, 0.05) is 49.2 Å². The molecule has 4 heterocycles. The van der Waals surface area contributed by atoms with Gasteiger partial charge in [-0.1, -0.05) is 24.3 Å². The van der Waals surface area contributed by atoms with Crippen molar-refractivity contribution in [2.75, 3.05) is 26.2 Å². The molecule has 0 unspecified atom stereocenters. The van der Waals surface area contributed by atoms with E-state index in [1.807, 2.05) is 31.0 Å². The average molecular weight is 448 g/mol. The van der Waals surface area contributed by atoms with Crippen LogP contribution in [0.3, 0.4) is 0 Å². The van der Waals surface area contributed by atoms with Crippen LogP contribution in [-0.4, -0.2) is 56.4 Å². The fourth-order valence-electron chi connectivity index (χ4n) is 4.32. The summed E-state index contributed by atoms with van der Waals surface area (Å²) in [5, 5.41) is 1.78. The highest BCUT2D eigenvalue weighted by Gasteiger charge is 2.23. The Labute approximate surface area is 189 Å². The predicted octanol–water partition coefficient (Wildman–Crippen LogP) is 2.97. The summed E-state index contributed by atoms with van der Waals surface area (Å²) in [6, 6.07) is 10.3. The number of hydrogen-bond donors (Lipinski definition) is 0. The molecule has 1 fully saturated rings. The zero-order chi connectivity index (χ0) is 22.2. The SMILES string of the molecule is Cc1sc2ncn(CC(=O)N3CCN(Cc4cccc5cccnc45)CC3)c(=O)c2c1C. The summed E-state index contributed by atoms with van der Waals surface area (Å²) < 4.78 is 1.44. The van der Waals surface area contributed by atoms with Crippen LogP contribution in [0, 0.1) is 13.8 Å². The first-order chi connectivity index (χ1) is 15.5. The standard InChI is InChI=1S/C24H25N5O2S/c1-16-17(2)32-23-21(16)24(31)29(15-26-23)14-20(30)28-11-9-27(10-12-28)13-19-6-3-5-18-7-4-8-25-22(18)19/h3-8,15H,9-14H2,1-2H3. The molecule has 5 rings (SSSR count). The predicted molar refractivity (Wildman–Crippen MR) is 127 cm³/mol. The lowest BCUT2D eigenvalue weighted by Crippen LogP contribution is -2.49. The van der Waals surface area contributed by atoms with Gasteiger partial charge in [0.05, 0.1) is 17.2 Å². The van der Waals surface area contributed by atoms with Crippen molar-refractivity contribution in [3.63, 3.8) is 0 Å². The number of amides is 1. The monoisotopic (exact) mass is 447 g/mol. The Bertz CT molecular complexity index is 1360. The topological polar surface area (TPSA) is 71.3 Å². The van der Waals surface area contributed by atoms with Crippen molar-refractivity contribution in [2.45, 2.75) is 26.9 Å². The minimum atomic E-state index is -0.132. The summed E-state index contributed by atoms with van der Waals surface area (Å²) in [6.45, 7) is 7.67. The molecule has 0 aliphatic carbocycles. The Morgan fingerprint density at radius 1 is 1.06 bits per heavy atom. The first-order valence-corrected chi connectivity index (χ1v) is 11.6. The van der Waals surface area contributed by atoms with Gasteiger partial charge in [0.2, 0.25) is 5.91 Å². The van der Waals surface area contributed by atoms with Gasteiger partial charge in [-0.25, -0.2) is 4.98 Å². The second kappa shape index (κ2) is 8.44. The van der Waals surface area contributed by atoms with E-state index in [1.54, 1.807) is 0 Å². The summed E-state index contributed by atoms with van der Waals surface area (Å²) in [6.07, 6.45) is 3.33. The lowest BCUT2D eigenvalue weighted by Gasteiger charge is -2.35. The van der Waals surface area contributed by atoms with Crippen LogP contribution < -0.4 is 5.56 Å². The van der Waals surface area contributed by atoms with E-state index in [2.05, 4.69) is 39.1 Å². The van der Waals surface area contributed by atoms with Crippen molar-refractivity contribution in [1.29, 1.82) is 0 Å². The van der Waals surface area contributed by atoms with Crippen molar-refractivity contribution >= 4 is 38.4 Å². The third-order valence-electron chi connectivity index (χ3n) is 6.30. The Hall–Kier alpha value is -3.10. The third kappa shape index (κ3) is 3.80. The lowest BCUT2D eigenvalue weighted by atomic mass is 10.1. The molecule has 4 aromatic rings. The summed E-state index contributed by atoms with van der Waals surface area (Å²) in [7, 11) is 0. The van der Waals surface area contributed by atoms with Gasteiger partial charge in [-0.05, 0) is 31.0 Å². The fraction of sp³-hybridized carbons (Fsp3) is 0.333. The van der Waals surface area contributed by atoms with Gasteiger partial charge >= 0.3 is 0 Å². The van der Waals surface area contributed by atoms with Crippen LogP contribution in [0.1, 0.15) is 16.0 Å². The fourth-order valence-corrected chi connectivity index (χ4v) is 5.31. The molecule has 0 spiro atoms. The summed E-state index contributed by atoms with van der Waals surface area (Å²) in [5.41, 5.74) is 3.07. The molecule has 0 bridgehead atoms. The zero-order valence-corrected chi connectivity index (χ0v) is 19.1. The molecule has 8 heteroatoms. The van der Waals surface area contributed by atoms with Crippen LogP contribution >= 0.6 is 11.3 Å². The molecule has 1 saturated heterocycles. The van der Waals surface area contributed by atoms with E-state index in [1.165, 1.54) is 27.8 Å². The van der Waals surface area contributed by atoms with Crippen LogP contribution in [0.5, 0.6) is 0 Å². The van der Waals surface area contributed by atoms with E-state index >= 15 is 0 Å². The van der Waals surface area contributed by atoms with E-state index in [0.29, 0.717) is 18.5 Å². The zero-order valence-electron chi connectivity index (χ0n) is 18.2. The minimum absolute atomic E-state index is 0.0311. The number of piperazine rings is 1. The molecule has 3 aromatic heterocycles. The van der Waals surface area contributed by atoms with Crippen molar-refractivity contribution in [2.24, 2.45) is 0 Å². The molecule has 1 amide bonds. The van der Waals surface area contributed by atoms with Crippen LogP contribution in [0.2, 0.25) is 0 Å². The lowest BCUT2D eigenvalue weighted by molar-refractivity contribution is -0.133. The third-order valence-corrected chi connectivity index (χ3v) is 7.41. The van der Waals surface area contributed by atoms with Crippen LogP contribution in [-0.2, 0) is 17.9 Å². The van der Waals surface area contributed by atoms with E-state index in [4.69, 9.17) is 0 Å². The largest absolute Gasteiger partial charge is 0.339 e. The van der Waals surface area contributed by atoms with E-state index < -0.39 is 0 Å². The number of para-hydroxylation sites is 1. The summed E-state index contributed by atoms with van der Waals surface area (Å²) >= 11 is 1.52. The van der Waals surface area contributed by atoms with E-state index in [0.717, 1.165) is 45.8 Å². The van der Waals surface area contributed by atoms with Crippen molar-refractivity contribution < 1.29 is 4.79 Å². The molecule has 1 aromatic carbocycles. The second-order valence-electron chi connectivity index (χ2n) is 8.29. The minimum Gasteiger partial charge on any atom is -0.339 e. The van der Waals surface area contributed by atoms with Gasteiger partial charge < -0.3 is 4.90 Å². The molecular weight excluding hydrogens is 422 g/mol. The molecule has 0 N–H and O–H groups in total. The normalized spacial score (nSPS) is 15.0. The van der Waals surface area contributed by atoms with Gasteiger partial charge in [0.1, 0.15) is 11.4 Å². The summed E-state index contributed by atoms with van der Waals surface area (Å²) in [4.78, 5) is 40.8. The van der Waals surface area contributed by atoms with Gasteiger partial charge in [-0.3, -0.25) is 24.0 Å². The highest BCUT2D eigenvalue weighted by atomic mass is 32.1. The highest BCUT2D eigenvalue weighted by Crippen LogP contribution is 2.25. The number of carbonyl (C=O) groups is 1. The van der Waals surface area contributed by atoms with Gasteiger partial charge in [-0.15, -0.1) is 11.3 Å². The van der Waals surface area contributed by atoms with Gasteiger partial charge in [0.15, 0.2) is 0 Å². The first kappa shape index (κ1) is 20.8. The molecule has 7 nitrogen and oxygen atoms in total. The van der Waals surface area contributed by atoms with E-state index in [9.17, 15) is 9.59 Å². The van der Waals surface area contributed by atoms with Crippen molar-refractivity contribution in [1.82, 2.24) is 24.3 Å². The number of benzene rings is 1. The van der Waals surface area contributed by atoms with Crippen molar-refractivity contribution in [3.05, 3.63) is 69.2 Å². The molecule has 1 aliphatic rings. The molecule has 0 atom stereocenters. The molecule has 32 heavy (non-hydrogen) atoms. The van der Waals surface area contributed by atoms with Gasteiger partial charge in [0.25, 0.3) is 5.56 Å². The number of fused-ring (bicyclic) bond motifs is 2. The Morgan fingerprint density at radius 3 is 2.66 bits per heavy atom. The number of carbonyl (C=O) groups excluding carboxylic acids is 1. The maximum atomic E-state index is 12.9. The molecular formula is C24H25N5O2S. The number of aryl methyl sites for hydroxylation is 2. The number of rotatable bonds is 4. The number of thiophene rings is 1. The Balaban J connectivity index is 1.24. The molecule has 0 radical (unpaired) electrons. The molecule has 1 aliphatic heterocycles.